The monoisotopic (exact) mass is 584 g/mol. The zero-order valence-electron chi connectivity index (χ0n) is 21.4. The van der Waals surface area contributed by atoms with E-state index in [1.165, 1.54) is 74.7 Å². The third-order valence-corrected chi connectivity index (χ3v) is 13.9. The van der Waals surface area contributed by atoms with Crippen molar-refractivity contribution in [2.75, 3.05) is 6.61 Å². The second kappa shape index (κ2) is 13.7. The number of nitrogens with zero attached hydrogens (tertiary/aromatic N) is 2. The van der Waals surface area contributed by atoms with Crippen LogP contribution in [-0.4, -0.2) is 45.4 Å². The van der Waals surface area contributed by atoms with E-state index < -0.39 is 29.2 Å². The topological polar surface area (TPSA) is 27.1 Å². The number of aromatic nitrogens is 2. The molecule has 32 heavy (non-hydrogen) atoms. The number of rotatable bonds is 16. The molecule has 0 N–H and O–H groups in total. The number of halogens is 1. The Morgan fingerprint density at radius 2 is 1.59 bits per heavy atom. The van der Waals surface area contributed by atoms with E-state index in [-0.39, 0.29) is 0 Å². The van der Waals surface area contributed by atoms with E-state index in [1.807, 2.05) is 12.3 Å². The molecule has 0 aliphatic rings. The molecular weight excluding hydrogens is 539 g/mol. The van der Waals surface area contributed by atoms with E-state index >= 15 is 0 Å². The molecule has 0 spiro atoms. The van der Waals surface area contributed by atoms with Crippen LogP contribution in [0.3, 0.4) is 0 Å². The number of fused-ring (bicyclic) bond motifs is 1. The van der Waals surface area contributed by atoms with Gasteiger partial charge in [-0.2, -0.15) is 0 Å². The molecule has 0 atom stereocenters. The minimum absolute atomic E-state index is 0.549. The molecule has 0 unspecified atom stereocenters. The first-order valence-corrected chi connectivity index (χ1v) is 19.7. The molecule has 0 saturated heterocycles. The van der Waals surface area contributed by atoms with Crippen molar-refractivity contribution in [3.8, 4) is 0 Å². The van der Waals surface area contributed by atoms with Crippen LogP contribution in [0.1, 0.15) is 78.6 Å². The molecular formula is C26H45ClN2OSiSn. The summed E-state index contributed by atoms with van der Waals surface area (Å²) >= 11 is 5.44. The summed E-state index contributed by atoms with van der Waals surface area (Å²) in [5, 5.41) is 1.79. The number of ether oxygens (including phenoxy) is 1. The van der Waals surface area contributed by atoms with Crippen LogP contribution in [-0.2, 0) is 11.5 Å². The Morgan fingerprint density at radius 3 is 2.12 bits per heavy atom. The predicted molar refractivity (Wildman–Crippen MR) is 146 cm³/mol. The van der Waals surface area contributed by atoms with Gasteiger partial charge in [-0.1, -0.05) is 0 Å². The van der Waals surface area contributed by atoms with E-state index in [0.717, 1.165) is 6.61 Å². The third-order valence-electron chi connectivity index (χ3n) is 6.39. The first-order valence-electron chi connectivity index (χ1n) is 12.7. The molecule has 6 heteroatoms. The predicted octanol–water partition coefficient (Wildman–Crippen LogP) is 8.06. The number of pyridine rings is 1. The van der Waals surface area contributed by atoms with E-state index in [0.29, 0.717) is 15.3 Å². The van der Waals surface area contributed by atoms with Gasteiger partial charge in [-0.25, -0.2) is 0 Å². The average molecular weight is 584 g/mol. The van der Waals surface area contributed by atoms with E-state index in [4.69, 9.17) is 16.3 Å². The Labute approximate surface area is 213 Å². The molecule has 180 valence electrons. The van der Waals surface area contributed by atoms with Gasteiger partial charge in [0, 0.05) is 0 Å². The standard InChI is InChI=1S/C13H18ClN2OSi.C13H27.Sn/c1-18(2,3)7-6-17-10-16-5-4-11-9-15-13(14)8-12(11)16;1-4-7-10-13(11-8-5-2)12-9-6-3;/h4,8-9H,6-7,10H2,1-3H3;4-12H2,1-3H3;. The van der Waals surface area contributed by atoms with Gasteiger partial charge in [0.05, 0.1) is 0 Å². The zero-order valence-corrected chi connectivity index (χ0v) is 26.0. The van der Waals surface area contributed by atoms with Gasteiger partial charge in [-0.15, -0.1) is 0 Å². The van der Waals surface area contributed by atoms with Gasteiger partial charge < -0.3 is 0 Å². The zero-order chi connectivity index (χ0) is 23.6. The molecule has 2 aromatic rings. The van der Waals surface area contributed by atoms with Gasteiger partial charge in [-0.05, 0) is 0 Å². The summed E-state index contributed by atoms with van der Waals surface area (Å²) in [6, 6.07) is 5.66. The van der Waals surface area contributed by atoms with Crippen LogP contribution >= 0.6 is 11.6 Å². The Morgan fingerprint density at radius 1 is 1.00 bits per heavy atom. The Bertz CT molecular complexity index is 796. The molecule has 0 bridgehead atoms. The van der Waals surface area contributed by atoms with Crippen LogP contribution in [0.15, 0.2) is 18.3 Å². The van der Waals surface area contributed by atoms with Gasteiger partial charge in [0.1, 0.15) is 0 Å². The summed E-state index contributed by atoms with van der Waals surface area (Å²) in [5.74, 6) is 0. The van der Waals surface area contributed by atoms with E-state index in [1.54, 1.807) is 3.71 Å². The average Bonchev–Trinajstić information content (AvgIpc) is 3.07. The SMILES string of the molecule is CCCC[C](CCCC)(CCCC)[Sn][c]1cc2cnc(Cl)cc2n1COCC[Si](C)(C)C. The first kappa shape index (κ1) is 28.2. The van der Waals surface area contributed by atoms with Crippen LogP contribution in [0.2, 0.25) is 34.3 Å². The van der Waals surface area contributed by atoms with Crippen LogP contribution in [0.5, 0.6) is 0 Å². The van der Waals surface area contributed by atoms with Gasteiger partial charge in [0.25, 0.3) is 0 Å². The maximum absolute atomic E-state index is 6.31. The second-order valence-corrected chi connectivity index (χ2v) is 21.8. The molecule has 3 nitrogen and oxygen atoms in total. The molecule has 0 amide bonds. The fourth-order valence-electron chi connectivity index (χ4n) is 4.29. The number of unbranched alkanes of at least 4 members (excludes halogenated alkanes) is 3. The van der Waals surface area contributed by atoms with Crippen molar-refractivity contribution < 1.29 is 4.74 Å². The third kappa shape index (κ3) is 8.96. The molecule has 2 radical (unpaired) electrons. The fraction of sp³-hybridized carbons (Fsp3) is 0.731. The maximum atomic E-state index is 6.31. The minimum atomic E-state index is -1.09. The summed E-state index contributed by atoms with van der Waals surface area (Å²) in [6.45, 7) is 15.8. The van der Waals surface area contributed by atoms with Crippen molar-refractivity contribution in [1.29, 1.82) is 0 Å². The van der Waals surface area contributed by atoms with Crippen molar-refractivity contribution in [1.82, 2.24) is 9.55 Å². The van der Waals surface area contributed by atoms with Crippen LogP contribution < -0.4 is 3.71 Å². The normalized spacial score (nSPS) is 12.7. The molecule has 0 aliphatic carbocycles. The van der Waals surface area contributed by atoms with Gasteiger partial charge in [-0.3, -0.25) is 0 Å². The van der Waals surface area contributed by atoms with Gasteiger partial charge in [0.2, 0.25) is 0 Å². The first-order chi connectivity index (χ1) is 15.2. The summed E-state index contributed by atoms with van der Waals surface area (Å²) in [4.78, 5) is 4.37. The molecule has 2 aromatic heterocycles. The van der Waals surface area contributed by atoms with Crippen molar-refractivity contribution in [3.05, 3.63) is 23.5 Å². The number of hydrogen-bond acceptors (Lipinski definition) is 2. The Hall–Kier alpha value is -0.0444. The summed E-state index contributed by atoms with van der Waals surface area (Å²) < 4.78 is 10.8. The van der Waals surface area contributed by atoms with Crippen LogP contribution in [0, 0.1) is 0 Å². The van der Waals surface area contributed by atoms with Gasteiger partial charge >= 0.3 is 214 Å². The van der Waals surface area contributed by atoms with E-state index in [2.05, 4.69) is 56.0 Å². The van der Waals surface area contributed by atoms with Crippen molar-refractivity contribution in [2.24, 2.45) is 0 Å². The van der Waals surface area contributed by atoms with Crippen molar-refractivity contribution in [2.45, 2.75) is 114 Å². The van der Waals surface area contributed by atoms with Crippen LogP contribution in [0.4, 0.5) is 0 Å². The fourth-order valence-corrected chi connectivity index (χ4v) is 10.9. The molecule has 0 aliphatic heterocycles. The quantitative estimate of drug-likeness (QED) is 0.114. The molecule has 0 aromatic carbocycles. The summed E-state index contributed by atoms with van der Waals surface area (Å²) in [5.41, 5.74) is 1.20. The van der Waals surface area contributed by atoms with E-state index in [9.17, 15) is 0 Å². The Kier molecular flexibility index (Phi) is 12.1. The number of hydrogen-bond donors (Lipinski definition) is 0. The summed E-state index contributed by atoms with van der Waals surface area (Å²) in [6.07, 6.45) is 14.1. The van der Waals surface area contributed by atoms with Crippen molar-refractivity contribution >= 4 is 55.4 Å². The Balaban J connectivity index is 2.36. The second-order valence-electron chi connectivity index (χ2n) is 10.6. The molecule has 0 fully saturated rings. The molecule has 2 rings (SSSR count). The summed E-state index contributed by atoms with van der Waals surface area (Å²) in [7, 11) is -1.09. The van der Waals surface area contributed by atoms with Crippen molar-refractivity contribution in [3.63, 3.8) is 0 Å². The molecule has 0 saturated carbocycles. The van der Waals surface area contributed by atoms with Crippen LogP contribution in [0.25, 0.3) is 10.9 Å². The van der Waals surface area contributed by atoms with Gasteiger partial charge in [0.15, 0.2) is 0 Å². The molecule has 2 heterocycles.